The van der Waals surface area contributed by atoms with Crippen LogP contribution in [0.5, 0.6) is 0 Å². The highest BCUT2D eigenvalue weighted by molar-refractivity contribution is 8.00. The summed E-state index contributed by atoms with van der Waals surface area (Å²) in [6.45, 7) is 3.11. The van der Waals surface area contributed by atoms with Gasteiger partial charge in [-0.05, 0) is 77.0 Å². The maximum Gasteiger partial charge on any atom is 0.469 e. The number of aliphatic carboxylic acids is 1. The van der Waals surface area contributed by atoms with Crippen LogP contribution in [-0.2, 0) is 32.9 Å². The predicted molar refractivity (Wildman–Crippen MR) is 253 cm³/mol. The zero-order valence-electron chi connectivity index (χ0n) is 37.1. The molecule has 0 spiro atoms. The number of hydrogen-bond acceptors (Lipinski definition) is 10. The van der Waals surface area contributed by atoms with Crippen molar-refractivity contribution in [2.45, 2.75) is 153 Å². The number of allylic oxidation sites excluding steroid dienone is 17. The number of thioether (sulfide) groups is 1. The SMILES string of the molecule is CCCCC/C=C\C\C=C/C=C/C=C/[C@@H](SC[C@H](N)C(=O)OC[C@H](COP(=O)(O)O)OC(=O)CC/C=C\C/C=C\C/C=C\C/C=C\C/C=C\CCCCC)[C@@H](O)CCCC(=O)O. The third-order valence-corrected chi connectivity index (χ3v) is 10.7. The Hall–Kier alpha value is -3.55. The smallest absolute Gasteiger partial charge is 0.469 e. The van der Waals surface area contributed by atoms with Gasteiger partial charge in [-0.15, -0.1) is 11.8 Å². The van der Waals surface area contributed by atoms with E-state index in [2.05, 4.69) is 73.1 Å². The predicted octanol–water partition coefficient (Wildman–Crippen LogP) is 10.5. The summed E-state index contributed by atoms with van der Waals surface area (Å²) in [5, 5.41) is 19.3. The van der Waals surface area contributed by atoms with Crippen molar-refractivity contribution in [1.82, 2.24) is 0 Å². The van der Waals surface area contributed by atoms with Gasteiger partial charge < -0.3 is 35.2 Å². The van der Waals surface area contributed by atoms with Gasteiger partial charge in [0.1, 0.15) is 12.6 Å². The average molecular weight is 906 g/mol. The molecule has 0 aliphatic heterocycles. The van der Waals surface area contributed by atoms with Crippen LogP contribution in [0.2, 0.25) is 0 Å². The number of aliphatic hydroxyl groups is 1. The fraction of sp³-hybridized carbons (Fsp3) is 0.562. The molecule has 0 saturated carbocycles. The molecule has 0 aliphatic rings. The molecule has 0 aromatic rings. The van der Waals surface area contributed by atoms with Gasteiger partial charge in [-0.25, -0.2) is 4.57 Å². The van der Waals surface area contributed by atoms with E-state index in [1.165, 1.54) is 50.3 Å². The van der Waals surface area contributed by atoms with Gasteiger partial charge in [0.25, 0.3) is 0 Å². The van der Waals surface area contributed by atoms with Gasteiger partial charge in [0, 0.05) is 23.8 Å². The van der Waals surface area contributed by atoms with E-state index in [4.69, 9.17) is 20.3 Å². The number of carboxylic acids is 1. The second-order valence-corrected chi connectivity index (χ2v) is 17.0. The van der Waals surface area contributed by atoms with Gasteiger partial charge in [0.15, 0.2) is 6.10 Å². The van der Waals surface area contributed by atoms with Gasteiger partial charge in [-0.3, -0.25) is 18.9 Å². The summed E-state index contributed by atoms with van der Waals surface area (Å²) in [5.74, 6) is -2.47. The van der Waals surface area contributed by atoms with Gasteiger partial charge in [0.05, 0.1) is 12.7 Å². The molecule has 0 aromatic heterocycles. The Balaban J connectivity index is 4.92. The van der Waals surface area contributed by atoms with Gasteiger partial charge >= 0.3 is 25.7 Å². The van der Waals surface area contributed by atoms with Crippen LogP contribution in [0.1, 0.15) is 129 Å². The number of carbonyl (C=O) groups is 3. The van der Waals surface area contributed by atoms with Crippen LogP contribution in [0.15, 0.2) is 109 Å². The highest BCUT2D eigenvalue weighted by Gasteiger charge is 2.26. The number of phosphoric acid groups is 1. The number of nitrogens with two attached hydrogens (primary N) is 1. The summed E-state index contributed by atoms with van der Waals surface area (Å²) >= 11 is 1.19. The van der Waals surface area contributed by atoms with Crippen molar-refractivity contribution in [3.8, 4) is 0 Å². The molecule has 0 amide bonds. The molecule has 62 heavy (non-hydrogen) atoms. The summed E-state index contributed by atoms with van der Waals surface area (Å²) in [7, 11) is -4.92. The second-order valence-electron chi connectivity index (χ2n) is 14.5. The molecule has 0 heterocycles. The molecule has 14 heteroatoms. The Morgan fingerprint density at radius 3 is 1.71 bits per heavy atom. The van der Waals surface area contributed by atoms with Crippen molar-refractivity contribution in [3.05, 3.63) is 109 Å². The summed E-state index contributed by atoms with van der Waals surface area (Å²) in [4.78, 5) is 54.7. The number of rotatable bonds is 39. The Morgan fingerprint density at radius 2 is 1.18 bits per heavy atom. The molecule has 0 rings (SSSR count). The maximum absolute atomic E-state index is 12.8. The number of phosphoric ester groups is 1. The lowest BCUT2D eigenvalue weighted by molar-refractivity contribution is -0.161. The molecule has 0 unspecified atom stereocenters. The largest absolute Gasteiger partial charge is 0.481 e. The molecular weight excluding hydrogens is 830 g/mol. The highest BCUT2D eigenvalue weighted by atomic mass is 32.2. The summed E-state index contributed by atoms with van der Waals surface area (Å²) in [6.07, 6.45) is 48.7. The topological polar surface area (TPSA) is 203 Å². The minimum absolute atomic E-state index is 0.0205. The number of unbranched alkanes of at least 4 members (excludes halogenated alkanes) is 6. The van der Waals surface area contributed by atoms with Crippen LogP contribution in [0.4, 0.5) is 0 Å². The van der Waals surface area contributed by atoms with Crippen LogP contribution in [0, 0.1) is 0 Å². The number of ether oxygens (including phenoxy) is 2. The lowest BCUT2D eigenvalue weighted by Crippen LogP contribution is -2.38. The Morgan fingerprint density at radius 1 is 0.661 bits per heavy atom. The van der Waals surface area contributed by atoms with Crippen molar-refractivity contribution in [3.63, 3.8) is 0 Å². The van der Waals surface area contributed by atoms with Crippen LogP contribution < -0.4 is 5.73 Å². The molecule has 350 valence electrons. The average Bonchev–Trinajstić information content (AvgIpc) is 3.23. The molecular formula is C48H76NO11PS. The first-order valence-electron chi connectivity index (χ1n) is 22.1. The normalized spacial score (nSPS) is 14.9. The molecule has 0 radical (unpaired) electrons. The molecule has 0 fully saturated rings. The second kappa shape index (κ2) is 41.5. The molecule has 4 atom stereocenters. The first-order valence-corrected chi connectivity index (χ1v) is 24.7. The molecule has 0 aliphatic carbocycles. The Bertz CT molecular complexity index is 1490. The van der Waals surface area contributed by atoms with Gasteiger partial charge in [0.2, 0.25) is 0 Å². The van der Waals surface area contributed by atoms with Crippen molar-refractivity contribution in [2.75, 3.05) is 19.0 Å². The zero-order chi connectivity index (χ0) is 45.9. The van der Waals surface area contributed by atoms with Gasteiger partial charge in [-0.2, -0.15) is 0 Å². The van der Waals surface area contributed by atoms with E-state index < -0.39 is 62.4 Å². The lowest BCUT2D eigenvalue weighted by Gasteiger charge is -2.22. The van der Waals surface area contributed by atoms with Crippen molar-refractivity contribution < 1.29 is 52.9 Å². The minimum Gasteiger partial charge on any atom is -0.481 e. The van der Waals surface area contributed by atoms with E-state index in [1.807, 2.05) is 36.5 Å². The van der Waals surface area contributed by atoms with E-state index in [1.54, 1.807) is 18.2 Å². The Kier molecular flexibility index (Phi) is 39.1. The maximum atomic E-state index is 12.8. The van der Waals surface area contributed by atoms with Crippen LogP contribution in [-0.4, -0.2) is 80.4 Å². The highest BCUT2D eigenvalue weighted by Crippen LogP contribution is 2.36. The molecule has 0 bridgehead atoms. The van der Waals surface area contributed by atoms with E-state index >= 15 is 0 Å². The number of carbonyl (C=O) groups excluding carboxylic acids is 2. The number of hydrogen-bond donors (Lipinski definition) is 5. The van der Waals surface area contributed by atoms with Gasteiger partial charge in [-0.1, -0.05) is 149 Å². The van der Waals surface area contributed by atoms with Crippen LogP contribution in [0.3, 0.4) is 0 Å². The standard InChI is InChI=1S/C48H76NO11PS/c1-3-5-7-9-11-13-15-17-18-19-20-21-22-23-25-27-29-31-33-38-47(53)60-42(40-59-61(55,56)57)39-58-48(54)43(49)41-62-45(44(50)35-34-37-46(51)52)36-32-30-28-26-24-16-14-12-10-8-6-4-2/h11-14,17-18,20-21,23-26,28-32,36,42-45,50H,3-10,15-16,19,22,27,33-35,37-41,49H2,1-2H3,(H,51,52)(H2,55,56,57)/b13-11-,14-12-,18-17-,21-20-,25-23-,26-24-,30-28+,31-29-,36-32+/t42-,43+,44+,45-/m1/s1. The molecule has 12 nitrogen and oxygen atoms in total. The van der Waals surface area contributed by atoms with E-state index in [-0.39, 0.29) is 31.4 Å². The van der Waals surface area contributed by atoms with Crippen molar-refractivity contribution in [2.24, 2.45) is 5.73 Å². The number of esters is 2. The summed E-state index contributed by atoms with van der Waals surface area (Å²) in [5.41, 5.74) is 6.10. The quantitative estimate of drug-likeness (QED) is 0.0128. The van der Waals surface area contributed by atoms with Crippen LogP contribution >= 0.6 is 19.6 Å². The van der Waals surface area contributed by atoms with E-state index in [0.717, 1.165) is 38.5 Å². The van der Waals surface area contributed by atoms with Crippen molar-refractivity contribution in [1.29, 1.82) is 0 Å². The summed E-state index contributed by atoms with van der Waals surface area (Å²) < 4.78 is 26.4. The fourth-order valence-electron chi connectivity index (χ4n) is 5.32. The summed E-state index contributed by atoms with van der Waals surface area (Å²) in [6, 6.07) is -1.16. The monoisotopic (exact) mass is 905 g/mol. The fourth-order valence-corrected chi connectivity index (χ4v) is 6.81. The molecule has 0 saturated heterocycles. The third kappa shape index (κ3) is 40.5. The minimum atomic E-state index is -4.92. The van der Waals surface area contributed by atoms with E-state index in [9.17, 15) is 33.8 Å². The van der Waals surface area contributed by atoms with E-state index in [0.29, 0.717) is 12.8 Å². The number of aliphatic hydroxyl groups excluding tert-OH is 1. The first-order chi connectivity index (χ1) is 29.9. The lowest BCUT2D eigenvalue weighted by atomic mass is 10.1. The first kappa shape index (κ1) is 58.5. The zero-order valence-corrected chi connectivity index (χ0v) is 38.8. The van der Waals surface area contributed by atoms with Crippen LogP contribution in [0.25, 0.3) is 0 Å². The third-order valence-electron chi connectivity index (χ3n) is 8.77. The molecule has 6 N–H and O–H groups in total. The van der Waals surface area contributed by atoms with Crippen molar-refractivity contribution >= 4 is 37.5 Å². The Labute approximate surface area is 376 Å². The number of carboxylic acid groups (broad SMARTS) is 1. The molecule has 0 aromatic carbocycles.